The summed E-state index contributed by atoms with van der Waals surface area (Å²) in [6.07, 6.45) is 2.92. The Balaban J connectivity index is 1.73. The number of carbonyl (C=O) groups excluding carboxylic acids is 1. The van der Waals surface area contributed by atoms with Crippen molar-refractivity contribution < 1.29 is 14.7 Å². The van der Waals surface area contributed by atoms with Gasteiger partial charge in [0.25, 0.3) is 0 Å². The first kappa shape index (κ1) is 15.3. The molecule has 2 rings (SSSR count). The van der Waals surface area contributed by atoms with Gasteiger partial charge in [0.05, 0.1) is 13.0 Å². The molecule has 1 saturated carbocycles. The van der Waals surface area contributed by atoms with Crippen molar-refractivity contribution in [3.8, 4) is 0 Å². The minimum Gasteiger partial charge on any atom is -0.481 e. The molecule has 5 nitrogen and oxygen atoms in total. The highest BCUT2D eigenvalue weighted by atomic mass is 79.9. The van der Waals surface area contributed by atoms with E-state index in [0.717, 1.165) is 28.6 Å². The van der Waals surface area contributed by atoms with Gasteiger partial charge in [-0.15, -0.1) is 11.3 Å². The van der Waals surface area contributed by atoms with Crippen LogP contribution in [0.15, 0.2) is 15.9 Å². The molecule has 0 aliphatic heterocycles. The van der Waals surface area contributed by atoms with E-state index in [1.165, 1.54) is 0 Å². The van der Waals surface area contributed by atoms with Crippen LogP contribution in [-0.2, 0) is 11.3 Å². The third-order valence-corrected chi connectivity index (χ3v) is 5.31. The molecule has 2 amide bonds. The summed E-state index contributed by atoms with van der Waals surface area (Å²) in [5.41, 5.74) is -0.241. The van der Waals surface area contributed by atoms with E-state index < -0.39 is 5.97 Å². The maximum Gasteiger partial charge on any atom is 0.315 e. The molecular weight excluding hydrogens is 344 g/mol. The van der Waals surface area contributed by atoms with Gasteiger partial charge < -0.3 is 15.7 Å². The molecule has 1 aliphatic carbocycles. The normalized spacial score (nSPS) is 16.2. The van der Waals surface area contributed by atoms with E-state index in [1.807, 2.05) is 11.4 Å². The van der Waals surface area contributed by atoms with Crippen LogP contribution in [0.2, 0.25) is 0 Å². The topological polar surface area (TPSA) is 78.4 Å². The predicted octanol–water partition coefficient (Wildman–Crippen LogP) is 2.95. The number of hydrogen-bond donors (Lipinski definition) is 3. The van der Waals surface area contributed by atoms with E-state index in [0.29, 0.717) is 13.1 Å². The van der Waals surface area contributed by atoms with Gasteiger partial charge in [-0.1, -0.05) is 6.42 Å². The number of halogens is 1. The zero-order valence-corrected chi connectivity index (χ0v) is 13.3. The lowest BCUT2D eigenvalue weighted by molar-refractivity contribution is -0.141. The molecule has 0 atom stereocenters. The lowest BCUT2D eigenvalue weighted by Gasteiger charge is -2.40. The molecule has 1 aliphatic rings. The monoisotopic (exact) mass is 360 g/mol. The van der Waals surface area contributed by atoms with Gasteiger partial charge in [-0.25, -0.2) is 4.79 Å². The fraction of sp³-hybridized carbons (Fsp3) is 0.538. The molecule has 0 aromatic carbocycles. The molecule has 7 heteroatoms. The highest BCUT2D eigenvalue weighted by Crippen LogP contribution is 2.43. The van der Waals surface area contributed by atoms with Crippen molar-refractivity contribution in [3.05, 3.63) is 20.8 Å². The first-order chi connectivity index (χ1) is 9.49. The van der Waals surface area contributed by atoms with Crippen LogP contribution in [0.3, 0.4) is 0 Å². The van der Waals surface area contributed by atoms with E-state index in [4.69, 9.17) is 5.11 Å². The molecule has 0 spiro atoms. The minimum atomic E-state index is -0.796. The Labute approximate surface area is 129 Å². The molecule has 1 fully saturated rings. The zero-order valence-electron chi connectivity index (χ0n) is 10.9. The molecule has 1 aromatic heterocycles. The number of carbonyl (C=O) groups is 2. The van der Waals surface area contributed by atoms with Crippen molar-refractivity contribution in [3.63, 3.8) is 0 Å². The van der Waals surface area contributed by atoms with Gasteiger partial charge in [-0.2, -0.15) is 0 Å². The Hall–Kier alpha value is -1.08. The highest BCUT2D eigenvalue weighted by Gasteiger charge is 2.39. The van der Waals surface area contributed by atoms with Gasteiger partial charge in [0.15, 0.2) is 0 Å². The van der Waals surface area contributed by atoms with Crippen molar-refractivity contribution in [2.45, 2.75) is 32.2 Å². The Bertz CT molecular complexity index is 500. The second-order valence-corrected chi connectivity index (χ2v) is 7.10. The number of nitrogens with one attached hydrogen (secondary N) is 2. The Morgan fingerprint density at radius 1 is 1.40 bits per heavy atom. The third-order valence-electron chi connectivity index (χ3n) is 3.61. The third kappa shape index (κ3) is 4.21. The summed E-state index contributed by atoms with van der Waals surface area (Å²) in [4.78, 5) is 23.6. The van der Waals surface area contributed by atoms with Gasteiger partial charge in [0.2, 0.25) is 0 Å². The van der Waals surface area contributed by atoms with Gasteiger partial charge in [0, 0.05) is 21.3 Å². The lowest BCUT2D eigenvalue weighted by Crippen LogP contribution is -2.46. The molecule has 1 heterocycles. The standard InChI is InChI=1S/C13H17BrN2O3S/c14-9-4-10(20-7-9)6-15-12(19)16-8-13(2-1-3-13)5-11(17)18/h4,7H,1-3,5-6,8H2,(H,17,18)(H2,15,16,19). The van der Waals surface area contributed by atoms with Crippen molar-refractivity contribution in [1.29, 1.82) is 0 Å². The van der Waals surface area contributed by atoms with Crippen molar-refractivity contribution in [2.75, 3.05) is 6.54 Å². The van der Waals surface area contributed by atoms with Crippen LogP contribution in [0.1, 0.15) is 30.6 Å². The quantitative estimate of drug-likeness (QED) is 0.729. The average Bonchev–Trinajstić information content (AvgIpc) is 2.75. The number of urea groups is 1. The minimum absolute atomic E-state index is 0.130. The van der Waals surface area contributed by atoms with Crippen LogP contribution < -0.4 is 10.6 Å². The molecule has 1 aromatic rings. The predicted molar refractivity (Wildman–Crippen MR) is 80.8 cm³/mol. The lowest BCUT2D eigenvalue weighted by atomic mass is 9.66. The molecule has 0 radical (unpaired) electrons. The maximum absolute atomic E-state index is 11.7. The molecule has 3 N–H and O–H groups in total. The maximum atomic E-state index is 11.7. The summed E-state index contributed by atoms with van der Waals surface area (Å²) in [6.45, 7) is 0.910. The number of carboxylic acids is 1. The SMILES string of the molecule is O=C(O)CC1(CNC(=O)NCc2cc(Br)cs2)CCC1. The smallest absolute Gasteiger partial charge is 0.315 e. The fourth-order valence-corrected chi connectivity index (χ4v) is 3.75. The van der Waals surface area contributed by atoms with E-state index in [-0.39, 0.29) is 17.9 Å². The Morgan fingerprint density at radius 3 is 2.65 bits per heavy atom. The summed E-state index contributed by atoms with van der Waals surface area (Å²) < 4.78 is 1.01. The second kappa shape index (κ2) is 6.58. The average molecular weight is 361 g/mol. The number of carboxylic acid groups (broad SMARTS) is 1. The van der Waals surface area contributed by atoms with E-state index >= 15 is 0 Å². The molecule has 110 valence electrons. The van der Waals surface area contributed by atoms with Crippen molar-refractivity contribution in [1.82, 2.24) is 10.6 Å². The summed E-state index contributed by atoms with van der Waals surface area (Å²) in [6, 6.07) is 1.72. The summed E-state index contributed by atoms with van der Waals surface area (Å²) in [7, 11) is 0. The van der Waals surface area contributed by atoms with E-state index in [2.05, 4.69) is 26.6 Å². The van der Waals surface area contributed by atoms with Crippen LogP contribution in [0.25, 0.3) is 0 Å². The fourth-order valence-electron chi connectivity index (χ4n) is 2.36. The van der Waals surface area contributed by atoms with Crippen LogP contribution in [-0.4, -0.2) is 23.7 Å². The van der Waals surface area contributed by atoms with Gasteiger partial charge in [0.1, 0.15) is 0 Å². The largest absolute Gasteiger partial charge is 0.481 e. The molecule has 0 saturated heterocycles. The number of rotatable bonds is 6. The van der Waals surface area contributed by atoms with Crippen molar-refractivity contribution >= 4 is 39.3 Å². The summed E-state index contributed by atoms with van der Waals surface area (Å²) in [5.74, 6) is -0.796. The van der Waals surface area contributed by atoms with Gasteiger partial charge >= 0.3 is 12.0 Å². The van der Waals surface area contributed by atoms with Gasteiger partial charge in [-0.05, 0) is 40.3 Å². The summed E-state index contributed by atoms with van der Waals surface area (Å²) in [5, 5.41) is 16.4. The second-order valence-electron chi connectivity index (χ2n) is 5.19. The Morgan fingerprint density at radius 2 is 2.15 bits per heavy atom. The van der Waals surface area contributed by atoms with Crippen molar-refractivity contribution in [2.24, 2.45) is 5.41 Å². The molecule has 20 heavy (non-hydrogen) atoms. The number of aliphatic carboxylic acids is 1. The van der Waals surface area contributed by atoms with Crippen LogP contribution in [0.4, 0.5) is 4.79 Å². The molecule has 0 bridgehead atoms. The number of hydrogen-bond acceptors (Lipinski definition) is 3. The van der Waals surface area contributed by atoms with E-state index in [1.54, 1.807) is 11.3 Å². The molecule has 0 unspecified atom stereocenters. The van der Waals surface area contributed by atoms with Crippen LogP contribution >= 0.6 is 27.3 Å². The van der Waals surface area contributed by atoms with Gasteiger partial charge in [-0.3, -0.25) is 4.79 Å². The molecular formula is C13H17BrN2O3S. The van der Waals surface area contributed by atoms with Crippen LogP contribution in [0, 0.1) is 5.41 Å². The zero-order chi connectivity index (χ0) is 14.6. The van der Waals surface area contributed by atoms with E-state index in [9.17, 15) is 9.59 Å². The first-order valence-electron chi connectivity index (χ1n) is 6.46. The highest BCUT2D eigenvalue weighted by molar-refractivity contribution is 9.10. The number of thiophene rings is 1. The number of amides is 2. The Kier molecular flexibility index (Phi) is 5.04. The summed E-state index contributed by atoms with van der Waals surface area (Å²) >= 11 is 4.93. The van der Waals surface area contributed by atoms with Crippen LogP contribution in [0.5, 0.6) is 0 Å². The first-order valence-corrected chi connectivity index (χ1v) is 8.13.